The molecular formula is C25H27N5O4. The third-order valence-electron chi connectivity index (χ3n) is 6.51. The first-order chi connectivity index (χ1) is 16.4. The third kappa shape index (κ3) is 3.40. The molecule has 1 N–H and O–H groups in total. The monoisotopic (exact) mass is 461 g/mol. The summed E-state index contributed by atoms with van der Waals surface area (Å²) < 4.78 is 5.91. The summed E-state index contributed by atoms with van der Waals surface area (Å²) in [5.74, 6) is 1.81. The van der Waals surface area contributed by atoms with E-state index < -0.39 is 18.2 Å². The van der Waals surface area contributed by atoms with Crippen LogP contribution in [0.1, 0.15) is 20.3 Å². The molecule has 2 aromatic rings. The number of likely N-dealkylation sites (N-methyl/N-ethyl adjacent to an activating group) is 1. The zero-order chi connectivity index (χ0) is 24.0. The van der Waals surface area contributed by atoms with Gasteiger partial charge in [0.25, 0.3) is 5.91 Å². The van der Waals surface area contributed by atoms with E-state index in [0.717, 1.165) is 22.8 Å². The van der Waals surface area contributed by atoms with E-state index in [2.05, 4.69) is 0 Å². The SMILES string of the molecule is CC1=C(C)N2C(=NC3C2C(=O)N(CCCO)C(=O)N3C)N1c1ccc(Oc2ccccc2)cc1. The number of carbonyl (C=O) groups is 2. The summed E-state index contributed by atoms with van der Waals surface area (Å²) in [7, 11) is 1.66. The van der Waals surface area contributed by atoms with Crippen LogP contribution in [0, 0.1) is 0 Å². The van der Waals surface area contributed by atoms with Crippen LogP contribution in [0.25, 0.3) is 0 Å². The van der Waals surface area contributed by atoms with E-state index in [-0.39, 0.29) is 19.1 Å². The second kappa shape index (κ2) is 8.49. The molecule has 3 heterocycles. The molecular weight excluding hydrogens is 434 g/mol. The number of benzene rings is 2. The Bertz CT molecular complexity index is 1180. The van der Waals surface area contributed by atoms with E-state index in [1.54, 1.807) is 7.05 Å². The van der Waals surface area contributed by atoms with Gasteiger partial charge in [0.05, 0.1) is 0 Å². The van der Waals surface area contributed by atoms with E-state index >= 15 is 0 Å². The zero-order valence-electron chi connectivity index (χ0n) is 19.4. The molecule has 176 valence electrons. The van der Waals surface area contributed by atoms with Crippen LogP contribution < -0.4 is 9.64 Å². The predicted octanol–water partition coefficient (Wildman–Crippen LogP) is 3.19. The second-order valence-corrected chi connectivity index (χ2v) is 8.53. The van der Waals surface area contributed by atoms with Gasteiger partial charge in [-0.25, -0.2) is 9.79 Å². The fraction of sp³-hybridized carbons (Fsp3) is 0.320. The largest absolute Gasteiger partial charge is 0.457 e. The zero-order valence-corrected chi connectivity index (χ0v) is 19.4. The first-order valence-electron chi connectivity index (χ1n) is 11.3. The van der Waals surface area contributed by atoms with Crippen molar-refractivity contribution in [3.63, 3.8) is 0 Å². The molecule has 34 heavy (non-hydrogen) atoms. The highest BCUT2D eigenvalue weighted by Crippen LogP contribution is 2.40. The van der Waals surface area contributed by atoms with Gasteiger partial charge in [-0.3, -0.25) is 19.5 Å². The van der Waals surface area contributed by atoms with Crippen molar-refractivity contribution < 1.29 is 19.4 Å². The minimum absolute atomic E-state index is 0.0872. The smallest absolute Gasteiger partial charge is 0.328 e. The van der Waals surface area contributed by atoms with Gasteiger partial charge in [-0.15, -0.1) is 0 Å². The maximum atomic E-state index is 13.3. The molecule has 3 amide bonds. The Morgan fingerprint density at radius 3 is 2.32 bits per heavy atom. The van der Waals surface area contributed by atoms with Gasteiger partial charge in [0.15, 0.2) is 12.2 Å². The van der Waals surface area contributed by atoms with Gasteiger partial charge in [-0.2, -0.15) is 0 Å². The molecule has 2 atom stereocenters. The highest BCUT2D eigenvalue weighted by atomic mass is 16.5. The van der Waals surface area contributed by atoms with E-state index in [1.807, 2.05) is 78.2 Å². The van der Waals surface area contributed by atoms with Gasteiger partial charge in [0.2, 0.25) is 5.96 Å². The van der Waals surface area contributed by atoms with Gasteiger partial charge >= 0.3 is 6.03 Å². The Balaban J connectivity index is 1.43. The number of amides is 3. The molecule has 3 aliphatic rings. The fourth-order valence-corrected chi connectivity index (χ4v) is 4.64. The lowest BCUT2D eigenvalue weighted by atomic mass is 10.1. The topological polar surface area (TPSA) is 88.9 Å². The summed E-state index contributed by atoms with van der Waals surface area (Å²) in [5.41, 5.74) is 2.76. The first kappa shape index (κ1) is 22.0. The van der Waals surface area contributed by atoms with Crippen molar-refractivity contribution in [3.05, 3.63) is 66.0 Å². The number of aliphatic hydroxyl groups excluding tert-OH is 1. The Morgan fingerprint density at radius 2 is 1.65 bits per heavy atom. The van der Waals surface area contributed by atoms with Crippen molar-refractivity contribution in [2.45, 2.75) is 32.5 Å². The van der Waals surface area contributed by atoms with Crippen LogP contribution in [0.2, 0.25) is 0 Å². The average molecular weight is 462 g/mol. The maximum absolute atomic E-state index is 13.3. The van der Waals surface area contributed by atoms with Crippen molar-refractivity contribution in [3.8, 4) is 11.5 Å². The molecule has 1 saturated heterocycles. The molecule has 3 aliphatic heterocycles. The second-order valence-electron chi connectivity index (χ2n) is 8.53. The van der Waals surface area contributed by atoms with Crippen LogP contribution >= 0.6 is 0 Å². The quantitative estimate of drug-likeness (QED) is 0.711. The molecule has 0 radical (unpaired) electrons. The van der Waals surface area contributed by atoms with Gasteiger partial charge in [-0.1, -0.05) is 18.2 Å². The molecule has 0 saturated carbocycles. The van der Waals surface area contributed by atoms with Gasteiger partial charge < -0.3 is 14.7 Å². The van der Waals surface area contributed by atoms with Crippen molar-refractivity contribution >= 4 is 23.6 Å². The van der Waals surface area contributed by atoms with Crippen molar-refractivity contribution in [1.29, 1.82) is 0 Å². The number of imide groups is 1. The summed E-state index contributed by atoms with van der Waals surface area (Å²) in [6.45, 7) is 4.04. The molecule has 9 nitrogen and oxygen atoms in total. The first-order valence-corrected chi connectivity index (χ1v) is 11.3. The van der Waals surface area contributed by atoms with Crippen LogP contribution in [0.4, 0.5) is 10.5 Å². The number of anilines is 1. The summed E-state index contributed by atoms with van der Waals surface area (Å²) in [6.07, 6.45) is -0.264. The van der Waals surface area contributed by atoms with Crippen LogP contribution in [-0.2, 0) is 4.79 Å². The normalized spacial score (nSPS) is 21.8. The lowest BCUT2D eigenvalue weighted by Crippen LogP contribution is -2.64. The van der Waals surface area contributed by atoms with E-state index in [0.29, 0.717) is 18.1 Å². The number of nitrogens with zero attached hydrogens (tertiary/aromatic N) is 5. The highest BCUT2D eigenvalue weighted by molar-refractivity contribution is 6.10. The Hall–Kier alpha value is -3.85. The minimum atomic E-state index is -0.628. The number of aliphatic imine (C=N–C) groups is 1. The lowest BCUT2D eigenvalue weighted by molar-refractivity contribution is -0.136. The number of hydrogen-bond acceptors (Lipinski definition) is 7. The number of para-hydroxylation sites is 1. The summed E-state index contributed by atoms with van der Waals surface area (Å²) >= 11 is 0. The van der Waals surface area contributed by atoms with Crippen LogP contribution in [-0.4, -0.2) is 70.1 Å². The van der Waals surface area contributed by atoms with Crippen LogP contribution in [0.5, 0.6) is 11.5 Å². The van der Waals surface area contributed by atoms with Gasteiger partial charge in [0, 0.05) is 37.3 Å². The Kier molecular flexibility index (Phi) is 5.49. The summed E-state index contributed by atoms with van der Waals surface area (Å²) in [6, 6.07) is 16.3. The molecule has 9 heteroatoms. The number of allylic oxidation sites excluding steroid dienone is 2. The number of urea groups is 1. The maximum Gasteiger partial charge on any atom is 0.328 e. The number of aliphatic hydroxyl groups is 1. The summed E-state index contributed by atoms with van der Waals surface area (Å²) in [5, 5.41) is 9.19. The van der Waals surface area contributed by atoms with Crippen molar-refractivity contribution in [2.24, 2.45) is 4.99 Å². The van der Waals surface area contributed by atoms with Crippen molar-refractivity contribution in [1.82, 2.24) is 14.7 Å². The molecule has 0 aliphatic carbocycles. The number of hydrogen-bond donors (Lipinski definition) is 1. The highest BCUT2D eigenvalue weighted by Gasteiger charge is 2.55. The molecule has 2 aromatic carbocycles. The van der Waals surface area contributed by atoms with E-state index in [4.69, 9.17) is 9.73 Å². The molecule has 0 bridgehead atoms. The third-order valence-corrected chi connectivity index (χ3v) is 6.51. The molecule has 0 spiro atoms. The van der Waals surface area contributed by atoms with E-state index in [1.165, 1.54) is 9.80 Å². The number of fused-ring (bicyclic) bond motifs is 3. The molecule has 0 aromatic heterocycles. The van der Waals surface area contributed by atoms with Crippen molar-refractivity contribution in [2.75, 3.05) is 25.1 Å². The standard InChI is InChI=1S/C25H27N5O4/c1-16-17(2)30-21-22(27(3)25(33)28(23(21)32)14-7-15-31)26-24(30)29(16)18-10-12-20(13-11-18)34-19-8-5-4-6-9-19/h4-6,8-13,21-22,31H,7,14-15H2,1-3H3. The molecule has 5 rings (SSSR count). The van der Waals surface area contributed by atoms with Gasteiger partial charge in [-0.05, 0) is 56.7 Å². The lowest BCUT2D eigenvalue weighted by Gasteiger charge is -2.40. The minimum Gasteiger partial charge on any atom is -0.457 e. The predicted molar refractivity (Wildman–Crippen MR) is 127 cm³/mol. The average Bonchev–Trinajstić information content (AvgIpc) is 3.34. The summed E-state index contributed by atoms with van der Waals surface area (Å²) in [4.78, 5) is 37.6. The number of guanidine groups is 1. The van der Waals surface area contributed by atoms with Gasteiger partial charge in [0.1, 0.15) is 11.5 Å². The fourth-order valence-electron chi connectivity index (χ4n) is 4.64. The van der Waals surface area contributed by atoms with E-state index in [9.17, 15) is 14.7 Å². The number of ether oxygens (including phenoxy) is 1. The molecule has 2 unspecified atom stereocenters. The Labute approximate surface area is 198 Å². The number of rotatable bonds is 6. The van der Waals surface area contributed by atoms with Crippen LogP contribution in [0.15, 0.2) is 71.0 Å². The molecule has 1 fully saturated rings. The van der Waals surface area contributed by atoms with Crippen LogP contribution in [0.3, 0.4) is 0 Å². The number of carbonyl (C=O) groups excluding carboxylic acids is 2. The Morgan fingerprint density at radius 1 is 0.971 bits per heavy atom.